The number of aromatic nitrogens is 2. The van der Waals surface area contributed by atoms with Crippen LogP contribution in [-0.2, 0) is 16.6 Å². The summed E-state index contributed by atoms with van der Waals surface area (Å²) in [6, 6.07) is 17.7. The number of para-hydroxylation sites is 1. The van der Waals surface area contributed by atoms with Gasteiger partial charge in [0.2, 0.25) is 5.91 Å². The molecule has 1 aromatic heterocycles. The van der Waals surface area contributed by atoms with Crippen LogP contribution in [0.1, 0.15) is 87.5 Å². The lowest BCUT2D eigenvalue weighted by Crippen LogP contribution is -2.38. The smallest absolute Gasteiger partial charge is 0.254 e. The number of unbranched alkanes of at least 4 members (excludes halogenated alkanes) is 2. The Labute approximate surface area is 222 Å². The van der Waals surface area contributed by atoms with E-state index in [1.807, 2.05) is 68.4 Å². The van der Waals surface area contributed by atoms with Crippen LogP contribution in [-0.4, -0.2) is 39.6 Å². The fraction of sp³-hybridized carbons (Fsp3) is 0.452. The average molecular weight is 503 g/mol. The van der Waals surface area contributed by atoms with Gasteiger partial charge in [0.1, 0.15) is 12.4 Å². The number of rotatable bonds is 11. The maximum Gasteiger partial charge on any atom is 0.254 e. The summed E-state index contributed by atoms with van der Waals surface area (Å²) in [5.74, 6) is 0.234. The Morgan fingerprint density at radius 3 is 2.30 bits per heavy atom. The highest BCUT2D eigenvalue weighted by molar-refractivity contribution is 5.99. The van der Waals surface area contributed by atoms with Gasteiger partial charge in [0.15, 0.2) is 0 Å². The van der Waals surface area contributed by atoms with E-state index >= 15 is 0 Å². The molecule has 0 aliphatic carbocycles. The number of carbonyl (C=O) groups excluding carboxylic acids is 2. The van der Waals surface area contributed by atoms with E-state index in [0.29, 0.717) is 17.9 Å². The number of amides is 2. The Kier molecular flexibility index (Phi) is 9.67. The fourth-order valence-corrected chi connectivity index (χ4v) is 4.28. The van der Waals surface area contributed by atoms with Crippen molar-refractivity contribution < 1.29 is 9.59 Å². The Morgan fingerprint density at radius 1 is 0.973 bits per heavy atom. The number of nitrogens with zero attached hydrogens (tertiary/aromatic N) is 3. The quantitative estimate of drug-likeness (QED) is 0.297. The Hall–Kier alpha value is -3.41. The normalized spacial score (nSPS) is 11.4. The largest absolute Gasteiger partial charge is 0.329 e. The predicted molar refractivity (Wildman–Crippen MR) is 151 cm³/mol. The molecule has 0 atom stereocenters. The number of hydrogen-bond donors (Lipinski definition) is 1. The molecule has 0 aliphatic heterocycles. The number of aryl methyl sites for hydroxylation is 2. The maximum atomic E-state index is 13.3. The zero-order valence-corrected chi connectivity index (χ0v) is 23.3. The summed E-state index contributed by atoms with van der Waals surface area (Å²) >= 11 is 0. The molecule has 3 rings (SSSR count). The highest BCUT2D eigenvalue weighted by Crippen LogP contribution is 2.27. The molecular weight excluding hydrogens is 460 g/mol. The number of anilines is 1. The van der Waals surface area contributed by atoms with Crippen molar-refractivity contribution in [3.63, 3.8) is 0 Å². The van der Waals surface area contributed by atoms with Gasteiger partial charge in [-0.1, -0.05) is 77.8 Å². The van der Waals surface area contributed by atoms with E-state index in [-0.39, 0.29) is 23.8 Å². The first-order valence-corrected chi connectivity index (χ1v) is 13.5. The van der Waals surface area contributed by atoms with Crippen LogP contribution in [0.25, 0.3) is 5.69 Å². The lowest BCUT2D eigenvalue weighted by molar-refractivity contribution is -0.116. The summed E-state index contributed by atoms with van der Waals surface area (Å²) in [4.78, 5) is 28.1. The average Bonchev–Trinajstić information content (AvgIpc) is 3.28. The molecule has 0 fully saturated rings. The molecule has 2 amide bonds. The van der Waals surface area contributed by atoms with Crippen molar-refractivity contribution >= 4 is 17.6 Å². The van der Waals surface area contributed by atoms with Gasteiger partial charge in [0, 0.05) is 23.6 Å². The minimum absolute atomic E-state index is 0.0191. The molecule has 0 spiro atoms. The SMILES string of the molecule is CCCCCc1ccc(C(=O)N(CCC)CC(=O)Nc2cc(C(C)(C)C)nn2-c2ccccc2C)cc1. The first kappa shape index (κ1) is 28.2. The summed E-state index contributed by atoms with van der Waals surface area (Å²) in [7, 11) is 0. The highest BCUT2D eigenvalue weighted by Gasteiger charge is 2.24. The number of hydrogen-bond acceptors (Lipinski definition) is 3. The molecule has 2 aromatic carbocycles. The molecule has 6 nitrogen and oxygen atoms in total. The van der Waals surface area contributed by atoms with Crippen molar-refractivity contribution in [2.75, 3.05) is 18.4 Å². The third-order valence-corrected chi connectivity index (χ3v) is 6.47. The van der Waals surface area contributed by atoms with Gasteiger partial charge in [-0.2, -0.15) is 5.10 Å². The van der Waals surface area contributed by atoms with Crippen LogP contribution in [0.4, 0.5) is 5.82 Å². The van der Waals surface area contributed by atoms with Crippen molar-refractivity contribution in [2.24, 2.45) is 0 Å². The van der Waals surface area contributed by atoms with Gasteiger partial charge in [-0.05, 0) is 55.5 Å². The first-order valence-electron chi connectivity index (χ1n) is 13.5. The minimum Gasteiger partial charge on any atom is -0.329 e. The number of nitrogens with one attached hydrogen (secondary N) is 1. The van der Waals surface area contributed by atoms with Crippen molar-refractivity contribution in [3.05, 3.63) is 77.0 Å². The van der Waals surface area contributed by atoms with E-state index < -0.39 is 0 Å². The molecule has 0 saturated carbocycles. The highest BCUT2D eigenvalue weighted by atomic mass is 16.2. The van der Waals surface area contributed by atoms with Gasteiger partial charge in [0.25, 0.3) is 5.91 Å². The van der Waals surface area contributed by atoms with E-state index in [0.717, 1.165) is 36.2 Å². The second-order valence-corrected chi connectivity index (χ2v) is 10.8. The Morgan fingerprint density at radius 2 is 1.68 bits per heavy atom. The van der Waals surface area contributed by atoms with Crippen LogP contribution < -0.4 is 5.32 Å². The van der Waals surface area contributed by atoms with E-state index in [1.165, 1.54) is 18.4 Å². The Balaban J connectivity index is 1.78. The van der Waals surface area contributed by atoms with Gasteiger partial charge in [0.05, 0.1) is 11.4 Å². The van der Waals surface area contributed by atoms with Crippen LogP contribution >= 0.6 is 0 Å². The predicted octanol–water partition coefficient (Wildman–Crippen LogP) is 6.70. The van der Waals surface area contributed by atoms with Crippen molar-refractivity contribution in [3.8, 4) is 5.69 Å². The second kappa shape index (κ2) is 12.7. The zero-order valence-electron chi connectivity index (χ0n) is 23.3. The van der Waals surface area contributed by atoms with E-state index in [1.54, 1.807) is 9.58 Å². The molecule has 198 valence electrons. The van der Waals surface area contributed by atoms with E-state index in [9.17, 15) is 9.59 Å². The van der Waals surface area contributed by atoms with Gasteiger partial charge in [-0.3, -0.25) is 9.59 Å². The molecule has 0 radical (unpaired) electrons. The van der Waals surface area contributed by atoms with E-state index in [2.05, 4.69) is 33.0 Å². The lowest BCUT2D eigenvalue weighted by Gasteiger charge is -2.22. The molecule has 0 aliphatic rings. The monoisotopic (exact) mass is 502 g/mol. The lowest BCUT2D eigenvalue weighted by atomic mass is 9.92. The van der Waals surface area contributed by atoms with E-state index in [4.69, 9.17) is 5.10 Å². The van der Waals surface area contributed by atoms with Crippen molar-refractivity contribution in [2.45, 2.75) is 79.1 Å². The number of carbonyl (C=O) groups is 2. The van der Waals surface area contributed by atoms with Gasteiger partial charge in [-0.15, -0.1) is 0 Å². The van der Waals surface area contributed by atoms with Gasteiger partial charge < -0.3 is 10.2 Å². The molecule has 1 N–H and O–H groups in total. The van der Waals surface area contributed by atoms with Crippen LogP contribution in [0.2, 0.25) is 0 Å². The van der Waals surface area contributed by atoms with Crippen molar-refractivity contribution in [1.29, 1.82) is 0 Å². The molecule has 37 heavy (non-hydrogen) atoms. The summed E-state index contributed by atoms with van der Waals surface area (Å²) in [6.45, 7) is 13.0. The van der Waals surface area contributed by atoms with Crippen LogP contribution in [0.15, 0.2) is 54.6 Å². The zero-order chi connectivity index (χ0) is 27.0. The molecule has 0 saturated heterocycles. The maximum absolute atomic E-state index is 13.3. The fourth-order valence-electron chi connectivity index (χ4n) is 4.28. The topological polar surface area (TPSA) is 67.2 Å². The Bertz CT molecular complexity index is 1190. The third-order valence-electron chi connectivity index (χ3n) is 6.47. The van der Waals surface area contributed by atoms with Crippen molar-refractivity contribution in [1.82, 2.24) is 14.7 Å². The second-order valence-electron chi connectivity index (χ2n) is 10.8. The molecule has 6 heteroatoms. The molecular formula is C31H42N4O2. The van der Waals surface area contributed by atoms with Gasteiger partial charge in [-0.25, -0.2) is 4.68 Å². The minimum atomic E-state index is -0.242. The first-order chi connectivity index (χ1) is 17.6. The number of benzene rings is 2. The third kappa shape index (κ3) is 7.54. The summed E-state index contributed by atoms with van der Waals surface area (Å²) < 4.78 is 1.79. The molecule has 3 aromatic rings. The van der Waals surface area contributed by atoms with Crippen LogP contribution in [0.5, 0.6) is 0 Å². The molecule has 1 heterocycles. The standard InChI is InChI=1S/C31H42N4O2/c1-7-9-10-14-24-16-18-25(19-17-24)30(37)34(20-8-2)22-29(36)32-28-21-27(31(4,5)6)33-35(28)26-15-12-11-13-23(26)3/h11-13,15-19,21H,7-10,14,20,22H2,1-6H3,(H,32,36). The molecule has 0 bridgehead atoms. The summed E-state index contributed by atoms with van der Waals surface area (Å²) in [5.41, 5.74) is 4.52. The summed E-state index contributed by atoms with van der Waals surface area (Å²) in [5, 5.41) is 7.85. The van der Waals surface area contributed by atoms with Crippen LogP contribution in [0, 0.1) is 6.92 Å². The van der Waals surface area contributed by atoms with Gasteiger partial charge >= 0.3 is 0 Å². The molecule has 0 unspecified atom stereocenters. The van der Waals surface area contributed by atoms with Crippen LogP contribution in [0.3, 0.4) is 0 Å². The summed E-state index contributed by atoms with van der Waals surface area (Å²) in [6.07, 6.45) is 5.34.